The maximum Gasteiger partial charge on any atom is 0.251 e. The molecule has 0 spiro atoms. The van der Waals surface area contributed by atoms with Gasteiger partial charge in [-0.1, -0.05) is 41.6 Å². The zero-order valence-electron chi connectivity index (χ0n) is 15.5. The Morgan fingerprint density at radius 2 is 1.97 bits per heavy atom. The van der Waals surface area contributed by atoms with Crippen LogP contribution in [0.25, 0.3) is 0 Å². The van der Waals surface area contributed by atoms with Crippen LogP contribution in [0.1, 0.15) is 5.69 Å². The van der Waals surface area contributed by atoms with E-state index in [0.29, 0.717) is 33.1 Å². The van der Waals surface area contributed by atoms with Crippen LogP contribution in [-0.4, -0.2) is 28.7 Å². The Labute approximate surface area is 181 Å². The van der Waals surface area contributed by atoms with Crippen molar-refractivity contribution in [3.63, 3.8) is 0 Å². The van der Waals surface area contributed by atoms with Gasteiger partial charge in [-0.15, -0.1) is 11.8 Å². The number of nitrogens with one attached hydrogen (secondary N) is 2. The van der Waals surface area contributed by atoms with Crippen molar-refractivity contribution < 1.29 is 9.53 Å². The van der Waals surface area contributed by atoms with E-state index in [4.69, 9.17) is 16.3 Å². The molecule has 2 aromatic carbocycles. The molecule has 0 saturated heterocycles. The molecule has 1 amide bonds. The molecule has 0 atom stereocenters. The second kappa shape index (κ2) is 10.4. The van der Waals surface area contributed by atoms with Crippen molar-refractivity contribution in [3.05, 3.63) is 75.7 Å². The number of hydrogen-bond donors (Lipinski definition) is 2. The van der Waals surface area contributed by atoms with Gasteiger partial charge in [0.15, 0.2) is 5.16 Å². The number of aromatic amines is 1. The SMILES string of the molecule is COc1ccc(Cl)cc1NC(=O)CSc1nc(CSc2ccccc2)cc(=O)[nH]1. The molecule has 0 aliphatic carbocycles. The number of benzene rings is 2. The highest BCUT2D eigenvalue weighted by atomic mass is 35.5. The molecule has 3 rings (SSSR count). The van der Waals surface area contributed by atoms with Crippen LogP contribution in [0.2, 0.25) is 5.02 Å². The molecule has 9 heteroatoms. The number of nitrogens with zero attached hydrogens (tertiary/aromatic N) is 1. The molecule has 0 radical (unpaired) electrons. The van der Waals surface area contributed by atoms with E-state index in [9.17, 15) is 9.59 Å². The van der Waals surface area contributed by atoms with Gasteiger partial charge in [-0.25, -0.2) is 4.98 Å². The summed E-state index contributed by atoms with van der Waals surface area (Å²) in [5, 5.41) is 3.64. The van der Waals surface area contributed by atoms with Crippen molar-refractivity contribution >= 4 is 46.7 Å². The third kappa shape index (κ3) is 6.56. The van der Waals surface area contributed by atoms with Crippen molar-refractivity contribution in [3.8, 4) is 5.75 Å². The van der Waals surface area contributed by atoms with E-state index >= 15 is 0 Å². The van der Waals surface area contributed by atoms with Crippen LogP contribution < -0.4 is 15.6 Å². The van der Waals surface area contributed by atoms with Crippen molar-refractivity contribution in [2.45, 2.75) is 15.8 Å². The smallest absolute Gasteiger partial charge is 0.251 e. The first-order chi connectivity index (χ1) is 14.0. The van der Waals surface area contributed by atoms with Gasteiger partial charge in [-0.3, -0.25) is 9.59 Å². The lowest BCUT2D eigenvalue weighted by molar-refractivity contribution is -0.113. The Balaban J connectivity index is 1.60. The molecule has 0 aliphatic rings. The molecule has 0 unspecified atom stereocenters. The summed E-state index contributed by atoms with van der Waals surface area (Å²) in [4.78, 5) is 32.4. The summed E-state index contributed by atoms with van der Waals surface area (Å²) in [6.07, 6.45) is 0. The third-order valence-corrected chi connectivity index (χ3v) is 5.83. The zero-order valence-corrected chi connectivity index (χ0v) is 17.9. The lowest BCUT2D eigenvalue weighted by Gasteiger charge is -2.10. The maximum atomic E-state index is 12.3. The average molecular weight is 448 g/mol. The van der Waals surface area contributed by atoms with Crippen molar-refractivity contribution in [2.24, 2.45) is 0 Å². The minimum Gasteiger partial charge on any atom is -0.495 e. The Bertz CT molecular complexity index is 1040. The third-order valence-electron chi connectivity index (χ3n) is 3.68. The van der Waals surface area contributed by atoms with Crippen molar-refractivity contribution in [2.75, 3.05) is 18.2 Å². The number of amides is 1. The van der Waals surface area contributed by atoms with Gasteiger partial charge in [0.05, 0.1) is 24.2 Å². The molecule has 0 aliphatic heterocycles. The monoisotopic (exact) mass is 447 g/mol. The largest absolute Gasteiger partial charge is 0.495 e. The number of anilines is 1. The first-order valence-electron chi connectivity index (χ1n) is 8.58. The number of thioether (sulfide) groups is 2. The summed E-state index contributed by atoms with van der Waals surface area (Å²) in [7, 11) is 1.52. The molecule has 0 saturated carbocycles. The Morgan fingerprint density at radius 3 is 2.72 bits per heavy atom. The highest BCUT2D eigenvalue weighted by molar-refractivity contribution is 7.99. The summed E-state index contributed by atoms with van der Waals surface area (Å²) in [5.41, 5.74) is 0.894. The van der Waals surface area contributed by atoms with Crippen LogP contribution >= 0.6 is 35.1 Å². The number of H-pyrrole nitrogens is 1. The minimum atomic E-state index is -0.262. The van der Waals surface area contributed by atoms with Gasteiger partial charge in [0.1, 0.15) is 5.75 Å². The molecule has 29 heavy (non-hydrogen) atoms. The number of methoxy groups -OCH3 is 1. The van der Waals surface area contributed by atoms with E-state index in [1.165, 1.54) is 13.2 Å². The van der Waals surface area contributed by atoms with Crippen molar-refractivity contribution in [1.29, 1.82) is 0 Å². The van der Waals surface area contributed by atoms with Crippen LogP contribution in [-0.2, 0) is 10.5 Å². The van der Waals surface area contributed by atoms with Crippen LogP contribution in [0.5, 0.6) is 5.75 Å². The number of ether oxygens (including phenoxy) is 1. The fraction of sp³-hybridized carbons (Fsp3) is 0.150. The highest BCUT2D eigenvalue weighted by Gasteiger charge is 2.11. The van der Waals surface area contributed by atoms with E-state index in [0.717, 1.165) is 16.7 Å². The molecule has 0 bridgehead atoms. The normalized spacial score (nSPS) is 10.6. The van der Waals surface area contributed by atoms with Gasteiger partial charge < -0.3 is 15.0 Å². The molecule has 1 aromatic heterocycles. The molecule has 1 heterocycles. The lowest BCUT2D eigenvalue weighted by Crippen LogP contribution is -2.16. The number of carbonyl (C=O) groups excluding carboxylic acids is 1. The van der Waals surface area contributed by atoms with Crippen molar-refractivity contribution in [1.82, 2.24) is 9.97 Å². The van der Waals surface area contributed by atoms with Crippen LogP contribution in [0.15, 0.2) is 69.4 Å². The van der Waals surface area contributed by atoms with Gasteiger partial charge >= 0.3 is 0 Å². The second-order valence-corrected chi connectivity index (χ2v) is 8.27. The molecule has 6 nitrogen and oxygen atoms in total. The zero-order chi connectivity index (χ0) is 20.6. The number of aromatic nitrogens is 2. The molecule has 150 valence electrons. The van der Waals surface area contributed by atoms with Gasteiger partial charge in [0, 0.05) is 21.7 Å². The van der Waals surface area contributed by atoms with Crippen LogP contribution in [0.4, 0.5) is 5.69 Å². The predicted molar refractivity (Wildman–Crippen MR) is 118 cm³/mol. The van der Waals surface area contributed by atoms with Gasteiger partial charge in [-0.05, 0) is 30.3 Å². The summed E-state index contributed by atoms with van der Waals surface area (Å²) in [5.74, 6) is 0.892. The van der Waals surface area contributed by atoms with Crippen LogP contribution in [0, 0.1) is 0 Å². The number of hydrogen-bond acceptors (Lipinski definition) is 6. The van der Waals surface area contributed by atoms with E-state index in [-0.39, 0.29) is 17.2 Å². The Hall–Kier alpha value is -2.42. The van der Waals surface area contributed by atoms with E-state index < -0.39 is 0 Å². The standard InChI is InChI=1S/C20H18ClN3O3S2/c1-27-17-8-7-13(21)9-16(17)23-19(26)12-29-20-22-14(10-18(25)24-20)11-28-15-5-3-2-4-6-15/h2-10H,11-12H2,1H3,(H,23,26)(H,22,24,25). The highest BCUT2D eigenvalue weighted by Crippen LogP contribution is 2.28. The van der Waals surface area contributed by atoms with E-state index in [1.807, 2.05) is 30.3 Å². The van der Waals surface area contributed by atoms with Gasteiger partial charge in [0.2, 0.25) is 5.91 Å². The second-order valence-electron chi connectivity index (χ2n) is 5.83. The number of halogens is 1. The molecule has 0 fully saturated rings. The first-order valence-corrected chi connectivity index (χ1v) is 10.9. The number of rotatable bonds is 8. The summed E-state index contributed by atoms with van der Waals surface area (Å²) in [6, 6.07) is 16.3. The van der Waals surface area contributed by atoms with E-state index in [2.05, 4.69) is 15.3 Å². The molecular formula is C20H18ClN3O3S2. The summed E-state index contributed by atoms with van der Waals surface area (Å²) >= 11 is 8.72. The minimum absolute atomic E-state index is 0.0773. The predicted octanol–water partition coefficient (Wildman–Crippen LogP) is 4.46. The quantitative estimate of drug-likeness (QED) is 0.392. The topological polar surface area (TPSA) is 84.1 Å². The fourth-order valence-electron chi connectivity index (χ4n) is 2.40. The summed E-state index contributed by atoms with van der Waals surface area (Å²) < 4.78 is 5.22. The average Bonchev–Trinajstić information content (AvgIpc) is 2.71. The molecular weight excluding hydrogens is 430 g/mol. The number of carbonyl (C=O) groups is 1. The fourth-order valence-corrected chi connectivity index (χ4v) is 4.08. The van der Waals surface area contributed by atoms with E-state index in [1.54, 1.807) is 30.0 Å². The maximum absolute atomic E-state index is 12.3. The van der Waals surface area contributed by atoms with Gasteiger partial charge in [-0.2, -0.15) is 0 Å². The lowest BCUT2D eigenvalue weighted by atomic mass is 10.3. The van der Waals surface area contributed by atoms with Gasteiger partial charge in [0.25, 0.3) is 5.56 Å². The first kappa shape index (κ1) is 21.3. The molecule has 2 N–H and O–H groups in total. The Kier molecular flexibility index (Phi) is 7.62. The Morgan fingerprint density at radius 1 is 1.17 bits per heavy atom. The van der Waals surface area contributed by atoms with Crippen LogP contribution in [0.3, 0.4) is 0 Å². The molecule has 3 aromatic rings. The summed E-state index contributed by atoms with van der Waals surface area (Å²) in [6.45, 7) is 0.